The molecule has 4 rings (SSSR count). The van der Waals surface area contributed by atoms with E-state index in [1.165, 1.54) is 41.9 Å². The van der Waals surface area contributed by atoms with Crippen LogP contribution in [-0.4, -0.2) is 56.2 Å². The molecule has 2 heterocycles. The van der Waals surface area contributed by atoms with Gasteiger partial charge in [-0.1, -0.05) is 11.6 Å². The monoisotopic (exact) mass is 515 g/mol. The Morgan fingerprint density at radius 3 is 2.17 bits per heavy atom. The standard InChI is InChI=1S/C24H26ClN5O6/c1-12-20(23(31)29-15-10-16(32-2)14(25)9-17(15)33-3)21(30-24(28-12)26-11-27-30)13-7-18(34-4)22(36-6)19(8-13)35-5/h7-11,21H,1-6H3,(H,29,31)(H,26,27,28)/t21-/m0/s1. The minimum atomic E-state index is -0.669. The molecule has 0 saturated heterocycles. The van der Waals surface area contributed by atoms with E-state index in [2.05, 4.69) is 20.7 Å². The maximum Gasteiger partial charge on any atom is 0.255 e. The number of carbonyl (C=O) groups excluding carboxylic acids is 1. The molecule has 3 aromatic rings. The molecule has 2 N–H and O–H groups in total. The molecule has 1 aromatic heterocycles. The van der Waals surface area contributed by atoms with Crippen LogP contribution in [0.5, 0.6) is 28.7 Å². The van der Waals surface area contributed by atoms with Gasteiger partial charge in [0.05, 0.1) is 51.8 Å². The summed E-state index contributed by atoms with van der Waals surface area (Å²) in [5, 5.41) is 10.8. The molecule has 11 nitrogen and oxygen atoms in total. The highest BCUT2D eigenvalue weighted by Gasteiger charge is 2.35. The van der Waals surface area contributed by atoms with E-state index in [0.717, 1.165) is 0 Å². The second-order valence-corrected chi connectivity index (χ2v) is 8.10. The van der Waals surface area contributed by atoms with Crippen molar-refractivity contribution in [3.63, 3.8) is 0 Å². The van der Waals surface area contributed by atoms with Crippen LogP contribution in [0.4, 0.5) is 11.6 Å². The summed E-state index contributed by atoms with van der Waals surface area (Å²) in [7, 11) is 7.56. The molecular formula is C24H26ClN5O6. The fraction of sp³-hybridized carbons (Fsp3) is 0.292. The van der Waals surface area contributed by atoms with Crippen molar-refractivity contribution in [2.75, 3.05) is 46.2 Å². The Balaban J connectivity index is 1.84. The summed E-state index contributed by atoms with van der Waals surface area (Å²) in [5.74, 6) is 2.15. The number of amides is 1. The topological polar surface area (TPSA) is 118 Å². The Morgan fingerprint density at radius 2 is 1.58 bits per heavy atom. The van der Waals surface area contributed by atoms with E-state index in [4.69, 9.17) is 35.3 Å². The smallest absolute Gasteiger partial charge is 0.255 e. The van der Waals surface area contributed by atoms with Gasteiger partial charge in [0.2, 0.25) is 11.7 Å². The lowest BCUT2D eigenvalue weighted by atomic mass is 9.94. The molecule has 1 aliphatic heterocycles. The SMILES string of the molecule is COc1cc(NC(=O)C2=C(C)Nc3ncnn3[C@H]2c2cc(OC)c(OC)c(OC)c2)c(OC)cc1Cl. The number of fused-ring (bicyclic) bond motifs is 1. The van der Waals surface area contributed by atoms with Crippen molar-refractivity contribution in [3.8, 4) is 28.7 Å². The molecular weight excluding hydrogens is 490 g/mol. The number of rotatable bonds is 8. The van der Waals surface area contributed by atoms with Crippen molar-refractivity contribution in [3.05, 3.63) is 52.4 Å². The fourth-order valence-corrected chi connectivity index (χ4v) is 4.33. The average molecular weight is 516 g/mol. The number of hydrogen-bond donors (Lipinski definition) is 2. The summed E-state index contributed by atoms with van der Waals surface area (Å²) in [6, 6.07) is 6.05. The summed E-state index contributed by atoms with van der Waals surface area (Å²) in [5.41, 5.74) is 2.03. The van der Waals surface area contributed by atoms with Crippen molar-refractivity contribution < 1.29 is 28.5 Å². The number of carbonyl (C=O) groups is 1. The molecule has 2 aromatic carbocycles. The second kappa shape index (κ2) is 10.2. The molecule has 0 saturated carbocycles. The van der Waals surface area contributed by atoms with E-state index < -0.39 is 11.9 Å². The number of aromatic nitrogens is 3. The van der Waals surface area contributed by atoms with Gasteiger partial charge in [0.25, 0.3) is 5.91 Å². The van der Waals surface area contributed by atoms with Crippen LogP contribution in [0.25, 0.3) is 0 Å². The number of ether oxygens (including phenoxy) is 5. The van der Waals surface area contributed by atoms with Gasteiger partial charge in [-0.25, -0.2) is 4.68 Å². The van der Waals surface area contributed by atoms with Gasteiger partial charge in [-0.15, -0.1) is 0 Å². The molecule has 1 atom stereocenters. The number of halogens is 1. The first-order valence-corrected chi connectivity index (χ1v) is 11.1. The van der Waals surface area contributed by atoms with Crippen LogP contribution < -0.4 is 34.3 Å². The summed E-state index contributed by atoms with van der Waals surface area (Å²) in [4.78, 5) is 18.1. The predicted molar refractivity (Wildman–Crippen MR) is 134 cm³/mol. The van der Waals surface area contributed by atoms with Gasteiger partial charge in [-0.3, -0.25) is 4.79 Å². The molecule has 0 unspecified atom stereocenters. The van der Waals surface area contributed by atoms with Gasteiger partial charge in [-0.05, 0) is 24.6 Å². The molecule has 0 radical (unpaired) electrons. The molecule has 0 aliphatic carbocycles. The van der Waals surface area contributed by atoms with Gasteiger partial charge in [-0.2, -0.15) is 10.1 Å². The first-order valence-electron chi connectivity index (χ1n) is 10.8. The molecule has 1 aliphatic rings. The van der Waals surface area contributed by atoms with Crippen LogP contribution in [0.1, 0.15) is 18.5 Å². The van der Waals surface area contributed by atoms with Gasteiger partial charge in [0.1, 0.15) is 23.9 Å². The molecule has 0 fully saturated rings. The Hall–Kier alpha value is -4.12. The maximum absolute atomic E-state index is 13.8. The third kappa shape index (κ3) is 4.33. The van der Waals surface area contributed by atoms with Crippen LogP contribution >= 0.6 is 11.6 Å². The van der Waals surface area contributed by atoms with Crippen molar-refractivity contribution in [2.45, 2.75) is 13.0 Å². The Bertz CT molecular complexity index is 1310. The Kier molecular flexibility index (Phi) is 7.11. The Morgan fingerprint density at radius 1 is 0.944 bits per heavy atom. The number of allylic oxidation sites excluding steroid dienone is 1. The summed E-state index contributed by atoms with van der Waals surface area (Å²) in [6.45, 7) is 1.79. The summed E-state index contributed by atoms with van der Waals surface area (Å²) >= 11 is 6.23. The third-order valence-electron chi connectivity index (χ3n) is 5.76. The van der Waals surface area contributed by atoms with Gasteiger partial charge < -0.3 is 34.3 Å². The summed E-state index contributed by atoms with van der Waals surface area (Å²) in [6.07, 6.45) is 1.41. The second-order valence-electron chi connectivity index (χ2n) is 7.69. The first-order chi connectivity index (χ1) is 17.4. The zero-order chi connectivity index (χ0) is 26.0. The number of nitrogens with one attached hydrogen (secondary N) is 2. The molecule has 36 heavy (non-hydrogen) atoms. The van der Waals surface area contributed by atoms with Gasteiger partial charge >= 0.3 is 0 Å². The third-order valence-corrected chi connectivity index (χ3v) is 6.06. The van der Waals surface area contributed by atoms with Crippen molar-refractivity contribution >= 4 is 29.1 Å². The average Bonchev–Trinajstić information content (AvgIpc) is 3.35. The Labute approximate surface area is 212 Å². The van der Waals surface area contributed by atoms with Gasteiger partial charge in [0, 0.05) is 17.8 Å². The molecule has 1 amide bonds. The number of hydrogen-bond acceptors (Lipinski definition) is 9. The number of nitrogens with zero attached hydrogens (tertiary/aromatic N) is 3. The lowest BCUT2D eigenvalue weighted by Crippen LogP contribution is -2.31. The zero-order valence-electron chi connectivity index (χ0n) is 20.6. The minimum absolute atomic E-state index is 0.352. The molecule has 12 heteroatoms. The highest BCUT2D eigenvalue weighted by Crippen LogP contribution is 2.44. The van der Waals surface area contributed by atoms with Crippen molar-refractivity contribution in [1.82, 2.24) is 14.8 Å². The predicted octanol–water partition coefficient (Wildman–Crippen LogP) is 3.90. The number of anilines is 2. The van der Waals surface area contributed by atoms with Crippen LogP contribution in [0.2, 0.25) is 5.02 Å². The minimum Gasteiger partial charge on any atom is -0.495 e. The van der Waals surface area contributed by atoms with E-state index in [-0.39, 0.29) is 0 Å². The quantitative estimate of drug-likeness (QED) is 0.460. The molecule has 0 bridgehead atoms. The lowest BCUT2D eigenvalue weighted by Gasteiger charge is -2.29. The van der Waals surface area contributed by atoms with Crippen LogP contribution in [0, 0.1) is 0 Å². The molecule has 0 spiro atoms. The highest BCUT2D eigenvalue weighted by molar-refractivity contribution is 6.32. The molecule has 190 valence electrons. The zero-order valence-corrected chi connectivity index (χ0v) is 21.4. The van der Waals surface area contributed by atoms with E-state index in [0.29, 0.717) is 62.2 Å². The van der Waals surface area contributed by atoms with Crippen LogP contribution in [-0.2, 0) is 4.79 Å². The summed E-state index contributed by atoms with van der Waals surface area (Å²) < 4.78 is 28.9. The highest BCUT2D eigenvalue weighted by atomic mass is 35.5. The largest absolute Gasteiger partial charge is 0.495 e. The van der Waals surface area contributed by atoms with Gasteiger partial charge in [0.15, 0.2) is 11.5 Å². The van der Waals surface area contributed by atoms with E-state index in [9.17, 15) is 4.79 Å². The van der Waals surface area contributed by atoms with Crippen molar-refractivity contribution in [2.24, 2.45) is 0 Å². The number of methoxy groups -OCH3 is 5. The van der Waals surface area contributed by atoms with Crippen LogP contribution in [0.3, 0.4) is 0 Å². The van der Waals surface area contributed by atoms with E-state index in [1.54, 1.807) is 35.9 Å². The maximum atomic E-state index is 13.8. The van der Waals surface area contributed by atoms with Crippen molar-refractivity contribution in [1.29, 1.82) is 0 Å². The van der Waals surface area contributed by atoms with E-state index in [1.807, 2.05) is 0 Å². The number of benzene rings is 2. The van der Waals surface area contributed by atoms with E-state index >= 15 is 0 Å². The lowest BCUT2D eigenvalue weighted by molar-refractivity contribution is -0.113. The normalized spacial score (nSPS) is 14.5. The first kappa shape index (κ1) is 25.0. The fourth-order valence-electron chi connectivity index (χ4n) is 4.10. The van der Waals surface area contributed by atoms with Crippen LogP contribution in [0.15, 0.2) is 41.9 Å².